The SMILES string of the molecule is CCN1CCOC(CNC(=O)C(C)C(C)N)C1. The predicted octanol–water partition coefficient (Wildman–Crippen LogP) is -0.193. The fourth-order valence-electron chi connectivity index (χ4n) is 1.81. The number of carbonyl (C=O) groups is 1. The summed E-state index contributed by atoms with van der Waals surface area (Å²) in [6.07, 6.45) is 0.105. The summed E-state index contributed by atoms with van der Waals surface area (Å²) >= 11 is 0. The topological polar surface area (TPSA) is 67.6 Å². The molecule has 1 heterocycles. The summed E-state index contributed by atoms with van der Waals surface area (Å²) < 4.78 is 5.61. The number of rotatable bonds is 5. The first-order valence-electron chi connectivity index (χ1n) is 6.41. The Morgan fingerprint density at radius 3 is 2.88 bits per heavy atom. The minimum Gasteiger partial charge on any atom is -0.374 e. The van der Waals surface area contributed by atoms with Crippen molar-refractivity contribution in [1.82, 2.24) is 10.2 Å². The van der Waals surface area contributed by atoms with E-state index in [0.717, 1.165) is 26.2 Å². The number of nitrogens with zero attached hydrogens (tertiary/aromatic N) is 1. The van der Waals surface area contributed by atoms with Crippen molar-refractivity contribution in [3.63, 3.8) is 0 Å². The molecule has 1 amide bonds. The van der Waals surface area contributed by atoms with Gasteiger partial charge in [0.1, 0.15) is 0 Å². The zero-order valence-electron chi connectivity index (χ0n) is 11.1. The van der Waals surface area contributed by atoms with Gasteiger partial charge in [-0.05, 0) is 13.5 Å². The van der Waals surface area contributed by atoms with Crippen LogP contribution in [0.4, 0.5) is 0 Å². The molecule has 1 saturated heterocycles. The Kier molecular flexibility index (Phi) is 5.88. The average Bonchev–Trinajstić information content (AvgIpc) is 2.35. The van der Waals surface area contributed by atoms with Gasteiger partial charge in [0.15, 0.2) is 0 Å². The number of hydrogen-bond acceptors (Lipinski definition) is 4. The van der Waals surface area contributed by atoms with E-state index in [1.165, 1.54) is 0 Å². The normalized spacial score (nSPS) is 25.3. The van der Waals surface area contributed by atoms with Crippen LogP contribution in [0, 0.1) is 5.92 Å². The summed E-state index contributed by atoms with van der Waals surface area (Å²) in [4.78, 5) is 14.0. The summed E-state index contributed by atoms with van der Waals surface area (Å²) in [6.45, 7) is 10.1. The van der Waals surface area contributed by atoms with Crippen molar-refractivity contribution in [1.29, 1.82) is 0 Å². The summed E-state index contributed by atoms with van der Waals surface area (Å²) in [7, 11) is 0. The van der Waals surface area contributed by atoms with Gasteiger partial charge in [0, 0.05) is 31.6 Å². The largest absolute Gasteiger partial charge is 0.374 e. The van der Waals surface area contributed by atoms with E-state index in [9.17, 15) is 4.79 Å². The van der Waals surface area contributed by atoms with E-state index < -0.39 is 0 Å². The fraction of sp³-hybridized carbons (Fsp3) is 0.917. The van der Waals surface area contributed by atoms with Gasteiger partial charge < -0.3 is 15.8 Å². The molecule has 0 aromatic rings. The first kappa shape index (κ1) is 14.4. The second kappa shape index (κ2) is 6.93. The molecule has 0 aromatic carbocycles. The van der Waals surface area contributed by atoms with Gasteiger partial charge in [0.05, 0.1) is 12.7 Å². The van der Waals surface area contributed by atoms with Crippen molar-refractivity contribution in [3.05, 3.63) is 0 Å². The standard InChI is InChI=1S/C12H25N3O2/c1-4-15-5-6-17-11(8-15)7-14-12(16)9(2)10(3)13/h9-11H,4-8,13H2,1-3H3,(H,14,16). The van der Waals surface area contributed by atoms with Crippen molar-refractivity contribution in [2.24, 2.45) is 11.7 Å². The van der Waals surface area contributed by atoms with Crippen molar-refractivity contribution < 1.29 is 9.53 Å². The molecule has 5 heteroatoms. The lowest BCUT2D eigenvalue weighted by molar-refractivity contribution is -0.126. The van der Waals surface area contributed by atoms with Crippen LogP contribution in [0.1, 0.15) is 20.8 Å². The number of nitrogens with two attached hydrogens (primary N) is 1. The molecular weight excluding hydrogens is 218 g/mol. The van der Waals surface area contributed by atoms with Crippen LogP contribution in [-0.2, 0) is 9.53 Å². The van der Waals surface area contributed by atoms with Crippen LogP contribution in [0.2, 0.25) is 0 Å². The molecule has 5 nitrogen and oxygen atoms in total. The number of amides is 1. The summed E-state index contributed by atoms with van der Waals surface area (Å²) in [5, 5.41) is 2.91. The van der Waals surface area contributed by atoms with Gasteiger partial charge in [-0.1, -0.05) is 13.8 Å². The van der Waals surface area contributed by atoms with Crippen LogP contribution in [-0.4, -0.2) is 55.7 Å². The van der Waals surface area contributed by atoms with Crippen LogP contribution in [0.25, 0.3) is 0 Å². The maximum atomic E-state index is 11.7. The van der Waals surface area contributed by atoms with E-state index in [2.05, 4.69) is 17.1 Å². The molecule has 0 aromatic heterocycles. The Hall–Kier alpha value is -0.650. The summed E-state index contributed by atoms with van der Waals surface area (Å²) in [5.74, 6) is -0.141. The molecule has 3 atom stereocenters. The highest BCUT2D eigenvalue weighted by molar-refractivity contribution is 5.78. The maximum absolute atomic E-state index is 11.7. The molecule has 0 spiro atoms. The van der Waals surface area contributed by atoms with E-state index in [0.29, 0.717) is 6.54 Å². The number of carbonyl (C=O) groups excluding carboxylic acids is 1. The minimum atomic E-state index is -0.152. The molecule has 1 rings (SSSR count). The Labute approximate surface area is 104 Å². The number of morpholine rings is 1. The lowest BCUT2D eigenvalue weighted by Gasteiger charge is -2.32. The van der Waals surface area contributed by atoms with Crippen LogP contribution in [0.3, 0.4) is 0 Å². The third-order valence-corrected chi connectivity index (χ3v) is 3.38. The number of nitrogens with one attached hydrogen (secondary N) is 1. The second-order valence-corrected chi connectivity index (χ2v) is 4.78. The second-order valence-electron chi connectivity index (χ2n) is 4.78. The first-order valence-corrected chi connectivity index (χ1v) is 6.41. The van der Waals surface area contributed by atoms with E-state index in [-0.39, 0.29) is 24.0 Å². The molecule has 1 fully saturated rings. The summed E-state index contributed by atoms with van der Waals surface area (Å²) in [5.41, 5.74) is 5.69. The zero-order valence-corrected chi connectivity index (χ0v) is 11.1. The third-order valence-electron chi connectivity index (χ3n) is 3.38. The van der Waals surface area contributed by atoms with Crippen LogP contribution in [0.15, 0.2) is 0 Å². The predicted molar refractivity (Wildman–Crippen MR) is 67.7 cm³/mol. The lowest BCUT2D eigenvalue weighted by Crippen LogP contribution is -2.49. The molecule has 0 radical (unpaired) electrons. The van der Waals surface area contributed by atoms with Gasteiger partial charge in [0.25, 0.3) is 0 Å². The van der Waals surface area contributed by atoms with Gasteiger partial charge >= 0.3 is 0 Å². The van der Waals surface area contributed by atoms with E-state index in [4.69, 9.17) is 10.5 Å². The quantitative estimate of drug-likeness (QED) is 0.702. The molecular formula is C12H25N3O2. The first-order chi connectivity index (χ1) is 8.04. The van der Waals surface area contributed by atoms with Crippen molar-refractivity contribution in [2.45, 2.75) is 32.9 Å². The van der Waals surface area contributed by atoms with Gasteiger partial charge in [-0.3, -0.25) is 9.69 Å². The van der Waals surface area contributed by atoms with Crippen LogP contribution < -0.4 is 11.1 Å². The van der Waals surface area contributed by atoms with E-state index in [1.807, 2.05) is 13.8 Å². The van der Waals surface area contributed by atoms with Gasteiger partial charge in [0.2, 0.25) is 5.91 Å². The fourth-order valence-corrected chi connectivity index (χ4v) is 1.81. The van der Waals surface area contributed by atoms with Crippen molar-refractivity contribution in [3.8, 4) is 0 Å². The zero-order chi connectivity index (χ0) is 12.8. The smallest absolute Gasteiger partial charge is 0.224 e. The molecule has 0 saturated carbocycles. The molecule has 100 valence electrons. The van der Waals surface area contributed by atoms with Gasteiger partial charge in [-0.15, -0.1) is 0 Å². The van der Waals surface area contributed by atoms with Gasteiger partial charge in [-0.2, -0.15) is 0 Å². The minimum absolute atomic E-state index is 0.0113. The van der Waals surface area contributed by atoms with Crippen LogP contribution >= 0.6 is 0 Å². The molecule has 0 bridgehead atoms. The Bertz CT molecular complexity index is 246. The number of likely N-dealkylation sites (N-methyl/N-ethyl adjacent to an activating group) is 1. The Morgan fingerprint density at radius 2 is 2.29 bits per heavy atom. The summed E-state index contributed by atoms with van der Waals surface area (Å²) in [6, 6.07) is -0.116. The third kappa shape index (κ3) is 4.61. The Morgan fingerprint density at radius 1 is 1.59 bits per heavy atom. The molecule has 17 heavy (non-hydrogen) atoms. The van der Waals surface area contributed by atoms with Crippen molar-refractivity contribution >= 4 is 5.91 Å². The molecule has 3 unspecified atom stereocenters. The highest BCUT2D eigenvalue weighted by Crippen LogP contribution is 2.05. The molecule has 1 aliphatic heterocycles. The van der Waals surface area contributed by atoms with E-state index >= 15 is 0 Å². The molecule has 3 N–H and O–H groups in total. The number of ether oxygens (including phenoxy) is 1. The monoisotopic (exact) mass is 243 g/mol. The van der Waals surface area contributed by atoms with E-state index in [1.54, 1.807) is 0 Å². The highest BCUT2D eigenvalue weighted by atomic mass is 16.5. The van der Waals surface area contributed by atoms with Gasteiger partial charge in [-0.25, -0.2) is 0 Å². The average molecular weight is 243 g/mol. The maximum Gasteiger partial charge on any atom is 0.224 e. The Balaban J connectivity index is 2.28. The molecule has 0 aliphatic carbocycles. The molecule has 1 aliphatic rings. The highest BCUT2D eigenvalue weighted by Gasteiger charge is 2.22. The number of hydrogen-bond donors (Lipinski definition) is 2. The van der Waals surface area contributed by atoms with Crippen LogP contribution in [0.5, 0.6) is 0 Å². The lowest BCUT2D eigenvalue weighted by atomic mass is 10.0. The van der Waals surface area contributed by atoms with Crippen molar-refractivity contribution in [2.75, 3.05) is 32.8 Å².